The summed E-state index contributed by atoms with van der Waals surface area (Å²) >= 11 is 0. The highest BCUT2D eigenvalue weighted by molar-refractivity contribution is 5.96. The molecule has 47 heavy (non-hydrogen) atoms. The number of rotatable bonds is 6. The number of aryl methyl sites for hydroxylation is 2. The van der Waals surface area contributed by atoms with Gasteiger partial charge in [-0.3, -0.25) is 43.0 Å². The highest BCUT2D eigenvalue weighted by atomic mass is 16.4. The zero-order valence-electron chi connectivity index (χ0n) is 26.8. The van der Waals surface area contributed by atoms with Gasteiger partial charge in [-0.1, -0.05) is 6.08 Å². The summed E-state index contributed by atoms with van der Waals surface area (Å²) in [6.07, 6.45) is 8.58. The number of allylic oxidation sites excluding steroid dienone is 1. The van der Waals surface area contributed by atoms with Crippen LogP contribution in [-0.2, 0) is 23.7 Å². The lowest BCUT2D eigenvalue weighted by Crippen LogP contribution is -2.44. The Balaban J connectivity index is 1.33. The first-order valence-electron chi connectivity index (χ1n) is 15.9. The smallest absolute Gasteiger partial charge is 0.306 e. The topological polar surface area (TPSA) is 189 Å². The molecule has 0 atom stereocenters. The standard InChI is InChI=1S/C33H38N6O8/c1-16-22(28(40)36(3)26-24(16)30(42)38(34-26)20-12-8-18(9-13-20)32(44)45)6-5-7-23-17(2)25-27(37(4)29(23)41)35-39(31(25)43)21-14-10-19(11-15-21)33(46)47/h5-7,18-21,34H,8-15H2,1-4H3,(H,44,45)(H,46,47)/b6-5?,23-7-. The SMILES string of the molecule is Cc1c2c(n(C)c(=O)/c1=C\C=Cc1c(C)c3c(=O)n(C4CCC(C(=O)O)CC4)[nH]c3n(C)c1=O)=NN(C1CCC(C(=O)O)CC1)C2=O. The lowest BCUT2D eigenvalue weighted by molar-refractivity contribution is -0.144. The molecule has 3 aromatic rings. The van der Waals surface area contributed by atoms with E-state index in [0.717, 1.165) is 0 Å². The second-order valence-electron chi connectivity index (χ2n) is 13.0. The van der Waals surface area contributed by atoms with E-state index in [1.807, 2.05) is 0 Å². The van der Waals surface area contributed by atoms with E-state index >= 15 is 0 Å². The first kappa shape index (κ1) is 32.0. The molecule has 0 radical (unpaired) electrons. The van der Waals surface area contributed by atoms with Gasteiger partial charge in [0.05, 0.1) is 34.9 Å². The monoisotopic (exact) mass is 646 g/mol. The van der Waals surface area contributed by atoms with Gasteiger partial charge in [0.15, 0.2) is 5.49 Å². The highest BCUT2D eigenvalue weighted by Gasteiger charge is 2.37. The molecule has 3 N–H and O–H groups in total. The molecular weight excluding hydrogens is 608 g/mol. The molecule has 14 nitrogen and oxygen atoms in total. The Kier molecular flexibility index (Phi) is 8.14. The van der Waals surface area contributed by atoms with Crippen LogP contribution in [0.3, 0.4) is 0 Å². The molecule has 14 heteroatoms. The number of aliphatic carboxylic acids is 2. The predicted octanol–water partition coefficient (Wildman–Crippen LogP) is 1.29. The Morgan fingerprint density at radius 2 is 1.36 bits per heavy atom. The summed E-state index contributed by atoms with van der Waals surface area (Å²) in [4.78, 5) is 76.7. The second kappa shape index (κ2) is 12.0. The van der Waals surface area contributed by atoms with Gasteiger partial charge in [-0.2, -0.15) is 5.10 Å². The number of aromatic amines is 1. The minimum atomic E-state index is -0.835. The molecule has 3 aromatic heterocycles. The number of hydrogen-bond donors (Lipinski definition) is 3. The van der Waals surface area contributed by atoms with Gasteiger partial charge < -0.3 is 10.2 Å². The number of amides is 1. The predicted molar refractivity (Wildman–Crippen MR) is 171 cm³/mol. The maximum Gasteiger partial charge on any atom is 0.306 e. The average Bonchev–Trinajstić information content (AvgIpc) is 3.59. The summed E-state index contributed by atoms with van der Waals surface area (Å²) in [6.45, 7) is 3.38. The molecule has 0 saturated heterocycles. The quantitative estimate of drug-likeness (QED) is 0.357. The molecule has 248 valence electrons. The minimum absolute atomic E-state index is 0.198. The van der Waals surface area contributed by atoms with Crippen LogP contribution in [0.5, 0.6) is 0 Å². The van der Waals surface area contributed by atoms with Gasteiger partial charge in [0.25, 0.3) is 22.6 Å². The van der Waals surface area contributed by atoms with Gasteiger partial charge in [0.1, 0.15) is 5.65 Å². The van der Waals surface area contributed by atoms with Crippen LogP contribution in [0.15, 0.2) is 25.6 Å². The number of carbonyl (C=O) groups is 3. The summed E-state index contributed by atoms with van der Waals surface area (Å²) in [5.74, 6) is -2.85. The Morgan fingerprint density at radius 1 is 0.787 bits per heavy atom. The molecule has 4 heterocycles. The van der Waals surface area contributed by atoms with Crippen LogP contribution in [0.4, 0.5) is 0 Å². The van der Waals surface area contributed by atoms with E-state index in [1.54, 1.807) is 46.2 Å². The van der Waals surface area contributed by atoms with E-state index in [1.165, 1.54) is 18.8 Å². The van der Waals surface area contributed by atoms with Crippen LogP contribution in [0.25, 0.3) is 23.2 Å². The molecule has 0 aromatic carbocycles. The highest BCUT2D eigenvalue weighted by Crippen LogP contribution is 2.32. The molecule has 3 aliphatic rings. The number of carboxylic acids is 2. The van der Waals surface area contributed by atoms with E-state index in [0.29, 0.717) is 79.1 Å². The van der Waals surface area contributed by atoms with Crippen molar-refractivity contribution in [2.45, 2.75) is 77.3 Å². The summed E-state index contributed by atoms with van der Waals surface area (Å²) in [7, 11) is 3.12. The Bertz CT molecular complexity index is 2170. The van der Waals surface area contributed by atoms with Crippen LogP contribution >= 0.6 is 0 Å². The molecule has 0 bridgehead atoms. The third-order valence-electron chi connectivity index (χ3n) is 10.4. The zero-order valence-corrected chi connectivity index (χ0v) is 26.8. The summed E-state index contributed by atoms with van der Waals surface area (Å²) in [5, 5.41) is 28.3. The van der Waals surface area contributed by atoms with E-state index in [4.69, 9.17) is 0 Å². The number of fused-ring (bicyclic) bond motifs is 2. The third-order valence-corrected chi connectivity index (χ3v) is 10.4. The third kappa shape index (κ3) is 5.25. The van der Waals surface area contributed by atoms with E-state index in [-0.39, 0.29) is 50.9 Å². The van der Waals surface area contributed by atoms with Gasteiger partial charge >= 0.3 is 11.9 Å². The van der Waals surface area contributed by atoms with Crippen LogP contribution in [0.2, 0.25) is 0 Å². The second-order valence-corrected chi connectivity index (χ2v) is 13.0. The normalized spacial score (nSPS) is 23.4. The van der Waals surface area contributed by atoms with Crippen molar-refractivity contribution in [3.8, 4) is 0 Å². The van der Waals surface area contributed by atoms with E-state index in [9.17, 15) is 39.0 Å². The molecule has 6 rings (SSSR count). The summed E-state index contributed by atoms with van der Waals surface area (Å²) in [6, 6.07) is -0.448. The number of nitrogens with zero attached hydrogens (tertiary/aromatic N) is 5. The van der Waals surface area contributed by atoms with Crippen LogP contribution in [0.1, 0.15) is 84.5 Å². The molecule has 0 unspecified atom stereocenters. The maximum absolute atomic E-state index is 13.6. The summed E-state index contributed by atoms with van der Waals surface area (Å²) < 4.78 is 4.21. The molecule has 2 saturated carbocycles. The Labute approximate surface area is 267 Å². The fraction of sp³-hybridized carbons (Fsp3) is 0.485. The first-order valence-corrected chi connectivity index (χ1v) is 15.9. The maximum atomic E-state index is 13.6. The van der Waals surface area contributed by atoms with Crippen LogP contribution in [-0.4, -0.2) is 58.0 Å². The van der Waals surface area contributed by atoms with Crippen LogP contribution < -0.4 is 27.4 Å². The van der Waals surface area contributed by atoms with Gasteiger partial charge in [0.2, 0.25) is 0 Å². The minimum Gasteiger partial charge on any atom is -0.481 e. The van der Waals surface area contributed by atoms with Crippen LogP contribution in [0, 0.1) is 25.7 Å². The molecule has 2 fully saturated rings. The Morgan fingerprint density at radius 3 is 1.94 bits per heavy atom. The molecule has 2 aliphatic carbocycles. The Hall–Kier alpha value is -5.01. The number of aromatic nitrogens is 4. The zero-order chi connectivity index (χ0) is 33.9. The number of H-pyrrole nitrogens is 1. The van der Waals surface area contributed by atoms with Gasteiger partial charge in [-0.25, -0.2) is 9.69 Å². The van der Waals surface area contributed by atoms with Crippen molar-refractivity contribution in [2.24, 2.45) is 31.0 Å². The number of carbonyl (C=O) groups excluding carboxylic acids is 1. The fourth-order valence-electron chi connectivity index (χ4n) is 7.43. The summed E-state index contributed by atoms with van der Waals surface area (Å²) in [5.41, 5.74) is 1.16. The fourth-order valence-corrected chi connectivity index (χ4v) is 7.43. The number of carboxylic acid groups (broad SMARTS) is 2. The van der Waals surface area contributed by atoms with Gasteiger partial charge in [0, 0.05) is 24.9 Å². The van der Waals surface area contributed by atoms with E-state index < -0.39 is 23.8 Å². The molecule has 1 aliphatic heterocycles. The van der Waals surface area contributed by atoms with Gasteiger partial charge in [-0.15, -0.1) is 0 Å². The van der Waals surface area contributed by atoms with Crippen molar-refractivity contribution in [2.75, 3.05) is 0 Å². The first-order chi connectivity index (χ1) is 22.3. The van der Waals surface area contributed by atoms with Crippen molar-refractivity contribution in [3.05, 3.63) is 70.1 Å². The largest absolute Gasteiger partial charge is 0.481 e. The average molecular weight is 647 g/mol. The van der Waals surface area contributed by atoms with Crippen molar-refractivity contribution in [1.29, 1.82) is 0 Å². The van der Waals surface area contributed by atoms with Crippen molar-refractivity contribution in [1.82, 2.24) is 23.9 Å². The molecule has 0 spiro atoms. The lowest BCUT2D eigenvalue weighted by Gasteiger charge is -2.30. The van der Waals surface area contributed by atoms with Crippen molar-refractivity contribution in [3.63, 3.8) is 0 Å². The van der Waals surface area contributed by atoms with Crippen molar-refractivity contribution < 1.29 is 24.6 Å². The van der Waals surface area contributed by atoms with Crippen molar-refractivity contribution >= 4 is 41.0 Å². The lowest BCUT2D eigenvalue weighted by atomic mass is 9.86. The van der Waals surface area contributed by atoms with Gasteiger partial charge in [-0.05, 0) is 88.5 Å². The number of hydrogen-bond acceptors (Lipinski definition) is 7. The molecular formula is C33H38N6O8. The number of nitrogens with one attached hydrogen (secondary N) is 1. The number of pyridine rings is 2. The molecule has 1 amide bonds. The van der Waals surface area contributed by atoms with E-state index in [2.05, 4.69) is 10.2 Å².